The zero-order valence-corrected chi connectivity index (χ0v) is 45.6. The number of rotatable bonds is 48. The number of aromatic nitrogens is 3. The number of hydrogen-bond donors (Lipinski definition) is 5. The van der Waals surface area contributed by atoms with Crippen molar-refractivity contribution in [3.05, 3.63) is 6.20 Å². The van der Waals surface area contributed by atoms with Gasteiger partial charge in [-0.1, -0.05) is 219 Å². The minimum atomic E-state index is -1.39. The predicted octanol–water partition coefficient (Wildman–Crippen LogP) is 11.6. The smallest absolute Gasteiger partial charge is 0.306 e. The highest BCUT2D eigenvalue weighted by Crippen LogP contribution is 2.29. The van der Waals surface area contributed by atoms with Gasteiger partial charge in [0.2, 0.25) is 11.8 Å². The van der Waals surface area contributed by atoms with E-state index in [2.05, 4.69) is 41.7 Å². The third-order valence-corrected chi connectivity index (χ3v) is 14.7. The summed E-state index contributed by atoms with van der Waals surface area (Å²) in [6, 6.07) is -1.00. The minimum absolute atomic E-state index is 0.0290. The number of nitrogens with zero attached hydrogens (tertiary/aromatic N) is 3. The maximum atomic E-state index is 13.8. The van der Waals surface area contributed by atoms with Crippen LogP contribution >= 0.6 is 11.8 Å². The van der Waals surface area contributed by atoms with Crippen LogP contribution < -0.4 is 10.6 Å². The Hall–Kier alpha value is -2.79. The van der Waals surface area contributed by atoms with Crippen molar-refractivity contribution in [3.8, 4) is 0 Å². The lowest BCUT2D eigenvalue weighted by atomic mass is 10.1. The summed E-state index contributed by atoms with van der Waals surface area (Å²) in [6.07, 6.45) is 35.1. The minimum Gasteiger partial charge on any atom is -0.462 e. The molecule has 2 heterocycles. The van der Waals surface area contributed by atoms with Gasteiger partial charge in [0.15, 0.2) is 12.0 Å². The summed E-state index contributed by atoms with van der Waals surface area (Å²) in [5.41, 5.74) is 0. The Morgan fingerprint density at radius 2 is 1.06 bits per heavy atom. The number of hydrogen-bond acceptors (Lipinski definition) is 13. The van der Waals surface area contributed by atoms with Crippen molar-refractivity contribution < 1.29 is 48.7 Å². The number of nitrogens with one attached hydrogen (secondary N) is 2. The van der Waals surface area contributed by atoms with Crippen LogP contribution in [0.3, 0.4) is 0 Å². The molecule has 0 saturated carbocycles. The van der Waals surface area contributed by atoms with Crippen LogP contribution in [0.25, 0.3) is 0 Å². The lowest BCUT2D eigenvalue weighted by Crippen LogP contribution is -2.45. The van der Waals surface area contributed by atoms with Crippen molar-refractivity contribution in [2.24, 2.45) is 0 Å². The van der Waals surface area contributed by atoms with Crippen LogP contribution in [0.2, 0.25) is 0 Å². The first-order valence-electron chi connectivity index (χ1n) is 28.7. The van der Waals surface area contributed by atoms with Gasteiger partial charge in [-0.25, -0.2) is 4.68 Å². The fraction of sp³-hybridized carbons (Fsp3) is 0.891. The number of unbranched alkanes of at least 4 members (excludes halogenated alkanes) is 30. The normalized spacial score (nSPS) is 17.5. The Balaban J connectivity index is 1.99. The van der Waals surface area contributed by atoms with Crippen LogP contribution in [-0.2, 0) is 33.4 Å². The number of aliphatic hydroxyl groups is 3. The van der Waals surface area contributed by atoms with Gasteiger partial charge in [-0.2, -0.15) is 11.8 Å². The van der Waals surface area contributed by atoms with E-state index in [4.69, 9.17) is 14.2 Å². The first-order chi connectivity index (χ1) is 34.6. The Morgan fingerprint density at radius 1 is 0.620 bits per heavy atom. The summed E-state index contributed by atoms with van der Waals surface area (Å²) < 4.78 is 18.3. The molecule has 0 radical (unpaired) electrons. The number of carbonyl (C=O) groups is 4. The predicted molar refractivity (Wildman–Crippen MR) is 285 cm³/mol. The first kappa shape index (κ1) is 64.3. The zero-order chi connectivity index (χ0) is 51.6. The van der Waals surface area contributed by atoms with Crippen molar-refractivity contribution in [2.75, 3.05) is 30.0 Å². The Bertz CT molecular complexity index is 1490. The van der Waals surface area contributed by atoms with Crippen molar-refractivity contribution in [1.29, 1.82) is 0 Å². The van der Waals surface area contributed by atoms with Crippen molar-refractivity contribution in [2.45, 2.75) is 289 Å². The van der Waals surface area contributed by atoms with Crippen LogP contribution in [0.5, 0.6) is 0 Å². The molecule has 1 aliphatic rings. The largest absolute Gasteiger partial charge is 0.462 e. The monoisotopic (exact) mass is 1020 g/mol. The lowest BCUT2D eigenvalue weighted by Gasteiger charge is -2.21. The SMILES string of the molecule is CCCCCCCCCCCCCC(=O)N[C@H](CSC[C@@H](COC(=O)CCCCCCCCCCCCC)OC(=O)CCCCCCCCCCCCC)C(=O)Nc1cn([C@H]2OC(CO)[C@@H](O)[C@H]2O)nn1. The van der Waals surface area contributed by atoms with Crippen LogP contribution in [0.4, 0.5) is 5.82 Å². The van der Waals surface area contributed by atoms with Gasteiger partial charge in [-0.05, 0) is 19.3 Å². The second-order valence-electron chi connectivity index (χ2n) is 20.1. The average molecular weight is 1020 g/mol. The van der Waals surface area contributed by atoms with Crippen molar-refractivity contribution in [3.63, 3.8) is 0 Å². The van der Waals surface area contributed by atoms with E-state index in [0.717, 1.165) is 68.9 Å². The molecule has 412 valence electrons. The number of amides is 2. The highest BCUT2D eigenvalue weighted by atomic mass is 32.2. The summed E-state index contributed by atoms with van der Waals surface area (Å²) in [4.78, 5) is 53.2. The number of carbonyl (C=O) groups excluding carboxylic acids is 4. The topological polar surface area (TPSA) is 211 Å². The third kappa shape index (κ3) is 32.2. The van der Waals surface area contributed by atoms with Gasteiger partial charge in [0.1, 0.15) is 37.1 Å². The molecule has 2 amide bonds. The van der Waals surface area contributed by atoms with E-state index < -0.39 is 49.2 Å². The lowest BCUT2D eigenvalue weighted by molar-refractivity contribution is -0.157. The molecule has 0 spiro atoms. The molecule has 6 atom stereocenters. The van der Waals surface area contributed by atoms with Crippen LogP contribution in [0.1, 0.15) is 258 Å². The number of anilines is 1. The molecule has 1 aliphatic heterocycles. The Morgan fingerprint density at radius 3 is 1.51 bits per heavy atom. The highest BCUT2D eigenvalue weighted by Gasteiger charge is 2.44. The highest BCUT2D eigenvalue weighted by molar-refractivity contribution is 7.99. The van der Waals surface area contributed by atoms with Crippen LogP contribution in [0, 0.1) is 0 Å². The number of thioether (sulfide) groups is 1. The fourth-order valence-corrected chi connectivity index (χ4v) is 10.0. The molecule has 5 N–H and O–H groups in total. The summed E-state index contributed by atoms with van der Waals surface area (Å²) in [5, 5.41) is 43.8. The molecular weight excluding hydrogens is 923 g/mol. The maximum Gasteiger partial charge on any atom is 0.306 e. The fourth-order valence-electron chi connectivity index (χ4n) is 8.97. The molecule has 0 aliphatic carbocycles. The summed E-state index contributed by atoms with van der Waals surface area (Å²) in [7, 11) is 0. The van der Waals surface area contributed by atoms with Gasteiger partial charge in [0.05, 0.1) is 12.8 Å². The van der Waals surface area contributed by atoms with Crippen molar-refractivity contribution >= 4 is 41.3 Å². The molecule has 16 heteroatoms. The van der Waals surface area contributed by atoms with E-state index in [9.17, 15) is 34.5 Å². The van der Waals surface area contributed by atoms with E-state index in [1.165, 1.54) is 159 Å². The van der Waals surface area contributed by atoms with Crippen LogP contribution in [-0.4, -0.2) is 109 Å². The maximum absolute atomic E-state index is 13.8. The first-order valence-corrected chi connectivity index (χ1v) is 29.9. The molecule has 1 fully saturated rings. The standard InChI is InChI=1S/C55H101N5O10S/c1-4-7-10-13-16-19-22-25-28-31-34-37-49(62)56-46(54(67)57-48-40-60(59-58-48)55-53(66)52(65)47(41-61)70-55)44-71-43-45(69-51(64)39-36-33-30-27-24-21-18-15-12-9-6-3)42-68-50(63)38-35-32-29-26-23-20-17-14-11-8-5-2/h40,45-47,52-53,55,61,65-66H,4-39,41-44H2,1-3H3,(H,56,62)(H,57,67)/t45-,46-,47?,52-,53-,55+/m1/s1. The molecule has 1 saturated heterocycles. The van der Waals surface area contributed by atoms with E-state index >= 15 is 0 Å². The quantitative estimate of drug-likeness (QED) is 0.0304. The third-order valence-electron chi connectivity index (χ3n) is 13.5. The summed E-state index contributed by atoms with van der Waals surface area (Å²) in [5.74, 6) is -1.10. The van der Waals surface area contributed by atoms with E-state index in [1.54, 1.807) is 0 Å². The van der Waals surface area contributed by atoms with Gasteiger partial charge >= 0.3 is 11.9 Å². The number of esters is 2. The molecule has 2 rings (SSSR count). The molecule has 1 aromatic rings. The van der Waals surface area contributed by atoms with Gasteiger partial charge in [0.25, 0.3) is 0 Å². The van der Waals surface area contributed by atoms with E-state index in [-0.39, 0.29) is 54.6 Å². The molecule has 1 unspecified atom stereocenters. The van der Waals surface area contributed by atoms with Gasteiger partial charge < -0.3 is 40.2 Å². The Kier molecular flexibility index (Phi) is 39.5. The molecule has 71 heavy (non-hydrogen) atoms. The molecule has 15 nitrogen and oxygen atoms in total. The summed E-state index contributed by atoms with van der Waals surface area (Å²) >= 11 is 1.31. The van der Waals surface area contributed by atoms with Gasteiger partial charge in [-0.3, -0.25) is 19.2 Å². The Labute approximate surface area is 433 Å². The molecular formula is C55H101N5O10S. The summed E-state index contributed by atoms with van der Waals surface area (Å²) in [6.45, 7) is 6.09. The van der Waals surface area contributed by atoms with Gasteiger partial charge in [-0.15, -0.1) is 5.10 Å². The number of aliphatic hydroxyl groups excluding tert-OH is 3. The van der Waals surface area contributed by atoms with Crippen LogP contribution in [0.15, 0.2) is 6.20 Å². The molecule has 1 aromatic heterocycles. The second kappa shape index (κ2) is 43.6. The van der Waals surface area contributed by atoms with E-state index in [0.29, 0.717) is 12.8 Å². The molecule has 0 bridgehead atoms. The zero-order valence-electron chi connectivity index (χ0n) is 44.8. The molecule has 0 aromatic carbocycles. The average Bonchev–Trinajstić information content (AvgIpc) is 3.94. The van der Waals surface area contributed by atoms with Crippen molar-refractivity contribution in [1.82, 2.24) is 20.3 Å². The number of ether oxygens (including phenoxy) is 3. The van der Waals surface area contributed by atoms with E-state index in [1.807, 2.05) is 0 Å². The second-order valence-corrected chi connectivity index (χ2v) is 21.2. The van der Waals surface area contributed by atoms with Gasteiger partial charge in [0, 0.05) is 30.8 Å².